The molecule has 0 heterocycles. The van der Waals surface area contributed by atoms with E-state index in [-0.39, 0.29) is 12.3 Å². The molecule has 0 bridgehead atoms. The summed E-state index contributed by atoms with van der Waals surface area (Å²) in [6, 6.07) is -1.11. The van der Waals surface area contributed by atoms with Gasteiger partial charge in [-0.1, -0.05) is 251 Å². The number of nitrogens with one attached hydrogen (secondary N) is 1. The summed E-state index contributed by atoms with van der Waals surface area (Å²) in [7, 11) is -5.08. The number of carbonyl (C=O) groups excluding carboxylic acids is 1. The Morgan fingerprint density at radius 2 is 0.803 bits per heavy atom. The van der Waals surface area contributed by atoms with Crippen molar-refractivity contribution < 1.29 is 53.9 Å². The third-order valence-corrected chi connectivity index (χ3v) is 14.6. The standard InChI is InChI=1S/C53H104NO11P/c1-3-5-7-9-11-13-15-17-19-21-22-23-24-25-27-29-31-33-35-37-39-41-43-47(56)54-45(44-64-66(62,63)65-53-51(60)49(58)48(57)50(59)52(53)61)46(55)42-40-38-36-34-32-30-28-26-20-18-16-14-12-10-8-6-4-2/h40,42,45-46,48-53,55,57-61H,3-39,41,43-44H2,1-2H3,(H,54,56)(H,62,63)/b42-40+/t45-,46+,48?,49+,50?,51?,52?,53?/m0/s1. The van der Waals surface area contributed by atoms with Gasteiger partial charge in [0.25, 0.3) is 0 Å². The predicted octanol–water partition coefficient (Wildman–Crippen LogP) is 12.0. The monoisotopic (exact) mass is 962 g/mol. The molecule has 13 heteroatoms. The Morgan fingerprint density at radius 1 is 0.500 bits per heavy atom. The zero-order valence-electron chi connectivity index (χ0n) is 42.3. The molecule has 0 aromatic heterocycles. The maximum Gasteiger partial charge on any atom is 0.472 e. The quantitative estimate of drug-likeness (QED) is 0.0164. The molecule has 0 radical (unpaired) electrons. The molecule has 1 amide bonds. The molecule has 0 spiro atoms. The zero-order chi connectivity index (χ0) is 48.5. The number of phosphoric ester groups is 1. The molecule has 9 atom stereocenters. The van der Waals surface area contributed by atoms with Crippen molar-refractivity contribution in [3.63, 3.8) is 0 Å². The number of unbranched alkanes of at least 4 members (excludes halogenated alkanes) is 36. The maximum absolute atomic E-state index is 13.0. The van der Waals surface area contributed by atoms with E-state index in [1.165, 1.54) is 193 Å². The number of hydrogen-bond donors (Lipinski definition) is 8. The average Bonchev–Trinajstić information content (AvgIpc) is 3.30. The molecule has 1 rings (SSSR count). The van der Waals surface area contributed by atoms with Gasteiger partial charge in [0.05, 0.1) is 18.8 Å². The minimum Gasteiger partial charge on any atom is -0.387 e. The van der Waals surface area contributed by atoms with Gasteiger partial charge in [0.2, 0.25) is 5.91 Å². The summed E-state index contributed by atoms with van der Waals surface area (Å²) < 4.78 is 23.0. The summed E-state index contributed by atoms with van der Waals surface area (Å²) >= 11 is 0. The minimum atomic E-state index is -5.08. The molecule has 0 aliphatic heterocycles. The highest BCUT2D eigenvalue weighted by Gasteiger charge is 2.51. The summed E-state index contributed by atoms with van der Waals surface area (Å²) in [6.45, 7) is 3.88. The fourth-order valence-corrected chi connectivity index (χ4v) is 10.0. The van der Waals surface area contributed by atoms with Crippen LogP contribution in [0, 0.1) is 0 Å². The normalized spacial score (nSPS) is 21.9. The molecule has 0 aromatic carbocycles. The Bertz CT molecular complexity index is 1160. The second kappa shape index (κ2) is 42.9. The van der Waals surface area contributed by atoms with Gasteiger partial charge in [-0.2, -0.15) is 0 Å². The van der Waals surface area contributed by atoms with E-state index >= 15 is 0 Å². The minimum absolute atomic E-state index is 0.219. The van der Waals surface area contributed by atoms with Gasteiger partial charge in [-0.05, 0) is 19.3 Å². The van der Waals surface area contributed by atoms with Crippen molar-refractivity contribution in [3.8, 4) is 0 Å². The molecule has 0 saturated heterocycles. The van der Waals surface area contributed by atoms with E-state index in [0.717, 1.165) is 44.9 Å². The van der Waals surface area contributed by atoms with E-state index in [1.807, 2.05) is 6.08 Å². The van der Waals surface area contributed by atoms with E-state index < -0.39 is 63.2 Å². The molecule has 12 nitrogen and oxygen atoms in total. The lowest BCUT2D eigenvalue weighted by Gasteiger charge is -2.41. The number of aliphatic hydroxyl groups is 6. The van der Waals surface area contributed by atoms with Crippen LogP contribution in [0.5, 0.6) is 0 Å². The first-order chi connectivity index (χ1) is 31.9. The van der Waals surface area contributed by atoms with Crippen molar-refractivity contribution in [2.45, 2.75) is 313 Å². The fourth-order valence-electron chi connectivity index (χ4n) is 9.08. The maximum atomic E-state index is 13.0. The second-order valence-electron chi connectivity index (χ2n) is 19.8. The van der Waals surface area contributed by atoms with Crippen LogP contribution in [-0.4, -0.2) is 96.8 Å². The molecule has 1 saturated carbocycles. The van der Waals surface area contributed by atoms with Crippen LogP contribution in [0.3, 0.4) is 0 Å². The summed E-state index contributed by atoms with van der Waals surface area (Å²) in [5.74, 6) is -0.335. The first kappa shape index (κ1) is 63.1. The molecular weight excluding hydrogens is 858 g/mol. The molecule has 6 unspecified atom stereocenters. The third-order valence-electron chi connectivity index (χ3n) is 13.6. The molecule has 1 aliphatic rings. The van der Waals surface area contributed by atoms with Crippen molar-refractivity contribution in [2.75, 3.05) is 6.61 Å². The van der Waals surface area contributed by atoms with Crippen molar-refractivity contribution in [1.82, 2.24) is 5.32 Å². The fraction of sp³-hybridized carbons (Fsp3) is 0.943. The highest BCUT2D eigenvalue weighted by atomic mass is 31.2. The number of amides is 1. The molecular formula is C53H104NO11P. The Labute approximate surface area is 403 Å². The van der Waals surface area contributed by atoms with Crippen LogP contribution in [0.1, 0.15) is 264 Å². The molecule has 8 N–H and O–H groups in total. The van der Waals surface area contributed by atoms with Crippen LogP contribution in [0.25, 0.3) is 0 Å². The molecule has 392 valence electrons. The summed E-state index contributed by atoms with van der Waals surface area (Å²) in [5.41, 5.74) is 0. The van der Waals surface area contributed by atoms with Crippen molar-refractivity contribution >= 4 is 13.7 Å². The van der Waals surface area contributed by atoms with Gasteiger partial charge >= 0.3 is 7.82 Å². The van der Waals surface area contributed by atoms with Gasteiger partial charge in [0.15, 0.2) is 0 Å². The average molecular weight is 962 g/mol. The smallest absolute Gasteiger partial charge is 0.387 e. The SMILES string of the molecule is CCCCCCCCCCCCCCCCC/C=C/[C@@H](O)[C@H](COP(=O)(O)OC1C(O)C(O)C(O)[C@@H](O)C1O)NC(=O)CCCCCCCCCCCCCCCCCCCCCCCC. The van der Waals surface area contributed by atoms with E-state index in [2.05, 4.69) is 19.2 Å². The Balaban J connectivity index is 2.37. The highest BCUT2D eigenvalue weighted by molar-refractivity contribution is 7.47. The zero-order valence-corrected chi connectivity index (χ0v) is 43.2. The third kappa shape index (κ3) is 33.6. The summed E-state index contributed by atoms with van der Waals surface area (Å²) in [6.07, 6.45) is 38.5. The molecule has 0 aromatic rings. The topological polar surface area (TPSA) is 206 Å². The number of rotatable bonds is 47. The Kier molecular flexibility index (Phi) is 41.0. The van der Waals surface area contributed by atoms with Crippen LogP contribution in [-0.2, 0) is 18.4 Å². The van der Waals surface area contributed by atoms with Gasteiger partial charge < -0.3 is 40.8 Å². The van der Waals surface area contributed by atoms with Crippen LogP contribution in [0.2, 0.25) is 0 Å². The lowest BCUT2D eigenvalue weighted by molar-refractivity contribution is -0.220. The number of phosphoric acid groups is 1. The van der Waals surface area contributed by atoms with E-state index in [4.69, 9.17) is 9.05 Å². The number of hydrogen-bond acceptors (Lipinski definition) is 10. The molecule has 1 aliphatic carbocycles. The van der Waals surface area contributed by atoms with Gasteiger partial charge in [0.1, 0.15) is 36.6 Å². The summed E-state index contributed by atoms with van der Waals surface area (Å²) in [4.78, 5) is 23.5. The predicted molar refractivity (Wildman–Crippen MR) is 269 cm³/mol. The number of carbonyl (C=O) groups is 1. The van der Waals surface area contributed by atoms with Crippen molar-refractivity contribution in [1.29, 1.82) is 0 Å². The first-order valence-electron chi connectivity index (χ1n) is 27.6. The summed E-state index contributed by atoms with van der Waals surface area (Å²) in [5, 5.41) is 64.2. The number of allylic oxidation sites excluding steroid dienone is 1. The van der Waals surface area contributed by atoms with Crippen LogP contribution >= 0.6 is 7.82 Å². The molecule has 1 fully saturated rings. The first-order valence-corrected chi connectivity index (χ1v) is 29.1. The second-order valence-corrected chi connectivity index (χ2v) is 21.2. The van der Waals surface area contributed by atoms with Gasteiger partial charge in [-0.25, -0.2) is 4.57 Å². The van der Waals surface area contributed by atoms with Crippen molar-refractivity contribution in [3.05, 3.63) is 12.2 Å². The van der Waals surface area contributed by atoms with Crippen LogP contribution < -0.4 is 5.32 Å². The largest absolute Gasteiger partial charge is 0.472 e. The van der Waals surface area contributed by atoms with Crippen molar-refractivity contribution in [2.24, 2.45) is 0 Å². The van der Waals surface area contributed by atoms with Crippen LogP contribution in [0.15, 0.2) is 12.2 Å². The van der Waals surface area contributed by atoms with Gasteiger partial charge in [-0.3, -0.25) is 13.8 Å². The van der Waals surface area contributed by atoms with E-state index in [0.29, 0.717) is 6.42 Å². The van der Waals surface area contributed by atoms with Gasteiger partial charge in [-0.15, -0.1) is 0 Å². The van der Waals surface area contributed by atoms with Crippen LogP contribution in [0.4, 0.5) is 0 Å². The van der Waals surface area contributed by atoms with Gasteiger partial charge in [0, 0.05) is 6.42 Å². The Morgan fingerprint density at radius 3 is 1.15 bits per heavy atom. The lowest BCUT2D eigenvalue weighted by atomic mass is 9.85. The van der Waals surface area contributed by atoms with E-state index in [9.17, 15) is 44.9 Å². The number of aliphatic hydroxyl groups excluding tert-OH is 6. The lowest BCUT2D eigenvalue weighted by Crippen LogP contribution is -2.64. The molecule has 66 heavy (non-hydrogen) atoms. The highest BCUT2D eigenvalue weighted by Crippen LogP contribution is 2.47. The van der Waals surface area contributed by atoms with E-state index in [1.54, 1.807) is 6.08 Å². The Hall–Kier alpha value is -0.920.